The first kappa shape index (κ1) is 19.4. The molecule has 0 aliphatic carbocycles. The molecular formula is C21H23FN2O2S. The molecule has 1 heterocycles. The molecule has 0 radical (unpaired) electrons. The van der Waals surface area contributed by atoms with Crippen LogP contribution in [0.4, 0.5) is 4.39 Å². The molecule has 2 amide bonds. The minimum Gasteiger partial charge on any atom is -0.354 e. The van der Waals surface area contributed by atoms with Gasteiger partial charge in [-0.25, -0.2) is 4.39 Å². The molecule has 0 bridgehead atoms. The molecule has 0 aromatic heterocycles. The van der Waals surface area contributed by atoms with Gasteiger partial charge in [-0.15, -0.1) is 11.8 Å². The number of carbonyl (C=O) groups is 2. The predicted molar refractivity (Wildman–Crippen MR) is 106 cm³/mol. The highest BCUT2D eigenvalue weighted by Gasteiger charge is 2.42. The largest absolute Gasteiger partial charge is 0.354 e. The van der Waals surface area contributed by atoms with Gasteiger partial charge in [0.25, 0.3) is 5.91 Å². The molecule has 1 fully saturated rings. The Morgan fingerprint density at radius 3 is 2.44 bits per heavy atom. The fraction of sp³-hybridized carbons (Fsp3) is 0.333. The zero-order valence-electron chi connectivity index (χ0n) is 15.4. The maximum Gasteiger partial charge on any atom is 0.255 e. The zero-order chi connectivity index (χ0) is 19.4. The lowest BCUT2D eigenvalue weighted by Gasteiger charge is -2.29. The molecule has 2 aromatic carbocycles. The van der Waals surface area contributed by atoms with Crippen LogP contribution in [-0.2, 0) is 4.79 Å². The Balaban J connectivity index is 1.93. The molecule has 3 rings (SSSR count). The second kappa shape index (κ2) is 8.57. The molecule has 6 heteroatoms. The molecule has 2 unspecified atom stereocenters. The monoisotopic (exact) mass is 386 g/mol. The second-order valence-electron chi connectivity index (χ2n) is 6.62. The fourth-order valence-corrected chi connectivity index (χ4v) is 4.48. The Hall–Kier alpha value is -2.34. The summed E-state index contributed by atoms with van der Waals surface area (Å²) in [4.78, 5) is 27.5. The highest BCUT2D eigenvalue weighted by Crippen LogP contribution is 2.42. The highest BCUT2D eigenvalue weighted by atomic mass is 32.2. The van der Waals surface area contributed by atoms with Gasteiger partial charge in [-0.2, -0.15) is 0 Å². The van der Waals surface area contributed by atoms with E-state index in [1.54, 1.807) is 29.2 Å². The highest BCUT2D eigenvalue weighted by molar-refractivity contribution is 7.99. The number of nitrogens with zero attached hydrogens (tertiary/aromatic N) is 1. The van der Waals surface area contributed by atoms with E-state index in [9.17, 15) is 14.0 Å². The minimum atomic E-state index is -0.551. The normalized spacial score (nSPS) is 19.1. The van der Waals surface area contributed by atoms with Gasteiger partial charge in [0.05, 0.1) is 0 Å². The molecule has 1 aliphatic rings. The SMILES string of the molecule is CCCNC(=O)C1CSC(c2ccc(F)cc2)N1C(=O)c1ccc(C)cc1. The van der Waals surface area contributed by atoms with Crippen LogP contribution in [0.15, 0.2) is 48.5 Å². The van der Waals surface area contributed by atoms with E-state index in [0.717, 1.165) is 17.5 Å². The van der Waals surface area contributed by atoms with Crippen LogP contribution in [0, 0.1) is 12.7 Å². The second-order valence-corrected chi connectivity index (χ2v) is 7.74. The van der Waals surface area contributed by atoms with Crippen molar-refractivity contribution in [3.8, 4) is 0 Å². The van der Waals surface area contributed by atoms with Gasteiger partial charge < -0.3 is 10.2 Å². The molecule has 1 N–H and O–H groups in total. The van der Waals surface area contributed by atoms with Crippen LogP contribution in [0.3, 0.4) is 0 Å². The molecule has 2 atom stereocenters. The summed E-state index contributed by atoms with van der Waals surface area (Å²) in [5.74, 6) is -0.148. The molecule has 1 aliphatic heterocycles. The van der Waals surface area contributed by atoms with Crippen molar-refractivity contribution in [2.24, 2.45) is 0 Å². The van der Waals surface area contributed by atoms with Crippen LogP contribution < -0.4 is 5.32 Å². The predicted octanol–water partition coefficient (Wildman–Crippen LogP) is 3.92. The van der Waals surface area contributed by atoms with Gasteiger partial charge in [-0.3, -0.25) is 9.59 Å². The van der Waals surface area contributed by atoms with Gasteiger partial charge in [-0.05, 0) is 43.2 Å². The molecule has 142 valence electrons. The van der Waals surface area contributed by atoms with Crippen molar-refractivity contribution >= 4 is 23.6 Å². The van der Waals surface area contributed by atoms with E-state index >= 15 is 0 Å². The first-order chi connectivity index (χ1) is 13.0. The molecule has 1 saturated heterocycles. The third-order valence-electron chi connectivity index (χ3n) is 4.54. The average molecular weight is 386 g/mol. The summed E-state index contributed by atoms with van der Waals surface area (Å²) in [6.45, 7) is 4.52. The van der Waals surface area contributed by atoms with Gasteiger partial charge in [0, 0.05) is 17.9 Å². The third kappa shape index (κ3) is 4.33. The zero-order valence-corrected chi connectivity index (χ0v) is 16.3. The summed E-state index contributed by atoms with van der Waals surface area (Å²) in [6.07, 6.45) is 0.832. The smallest absolute Gasteiger partial charge is 0.255 e. The van der Waals surface area contributed by atoms with Crippen molar-refractivity contribution in [2.75, 3.05) is 12.3 Å². The lowest BCUT2D eigenvalue weighted by atomic mass is 10.1. The van der Waals surface area contributed by atoms with E-state index in [1.165, 1.54) is 23.9 Å². The number of carbonyl (C=O) groups excluding carboxylic acids is 2. The Morgan fingerprint density at radius 1 is 1.15 bits per heavy atom. The molecule has 4 nitrogen and oxygen atoms in total. The van der Waals surface area contributed by atoms with Crippen molar-refractivity contribution in [3.05, 3.63) is 71.0 Å². The Labute approximate surface area is 163 Å². The van der Waals surface area contributed by atoms with Crippen LogP contribution in [0.2, 0.25) is 0 Å². The topological polar surface area (TPSA) is 49.4 Å². The summed E-state index contributed by atoms with van der Waals surface area (Å²) >= 11 is 1.53. The van der Waals surface area contributed by atoms with E-state index < -0.39 is 6.04 Å². The number of thioether (sulfide) groups is 1. The van der Waals surface area contributed by atoms with Crippen molar-refractivity contribution in [1.29, 1.82) is 0 Å². The molecule has 2 aromatic rings. The first-order valence-electron chi connectivity index (χ1n) is 9.05. The average Bonchev–Trinajstić information content (AvgIpc) is 3.12. The standard InChI is InChI=1S/C21H23FN2O2S/c1-3-12-23-19(25)18-13-27-21(16-8-10-17(22)11-9-16)24(18)20(26)15-6-4-14(2)5-7-15/h4-11,18,21H,3,12-13H2,1-2H3,(H,23,25). The maximum atomic E-state index is 13.3. The van der Waals surface area contributed by atoms with Crippen LogP contribution >= 0.6 is 11.8 Å². The van der Waals surface area contributed by atoms with Crippen molar-refractivity contribution in [1.82, 2.24) is 10.2 Å². The van der Waals surface area contributed by atoms with Crippen molar-refractivity contribution < 1.29 is 14.0 Å². The summed E-state index contributed by atoms with van der Waals surface area (Å²) in [5, 5.41) is 2.57. The third-order valence-corrected chi connectivity index (χ3v) is 5.86. The number of aryl methyl sites for hydroxylation is 1. The number of halogens is 1. The van der Waals surface area contributed by atoms with E-state index in [-0.39, 0.29) is 23.0 Å². The van der Waals surface area contributed by atoms with Gasteiger partial charge in [0.1, 0.15) is 17.2 Å². The van der Waals surface area contributed by atoms with Gasteiger partial charge in [-0.1, -0.05) is 36.8 Å². The lowest BCUT2D eigenvalue weighted by Crippen LogP contribution is -2.48. The van der Waals surface area contributed by atoms with Gasteiger partial charge >= 0.3 is 0 Å². The Kier molecular flexibility index (Phi) is 6.16. The maximum absolute atomic E-state index is 13.3. The Morgan fingerprint density at radius 2 is 1.81 bits per heavy atom. The molecule has 0 spiro atoms. The van der Waals surface area contributed by atoms with Crippen molar-refractivity contribution in [3.63, 3.8) is 0 Å². The quantitative estimate of drug-likeness (QED) is 0.847. The summed E-state index contributed by atoms with van der Waals surface area (Å²) in [6, 6.07) is 12.9. The lowest BCUT2D eigenvalue weighted by molar-refractivity contribution is -0.124. The van der Waals surface area contributed by atoms with Crippen molar-refractivity contribution in [2.45, 2.75) is 31.7 Å². The Bertz CT molecular complexity index is 808. The van der Waals surface area contributed by atoms with E-state index in [0.29, 0.717) is 17.9 Å². The number of hydrogen-bond acceptors (Lipinski definition) is 3. The summed E-state index contributed by atoms with van der Waals surface area (Å²) in [7, 11) is 0. The first-order valence-corrected chi connectivity index (χ1v) is 10.1. The van der Waals surface area contributed by atoms with Gasteiger partial charge in [0.2, 0.25) is 5.91 Å². The fourth-order valence-electron chi connectivity index (χ4n) is 3.05. The van der Waals surface area contributed by atoms with E-state index in [2.05, 4.69) is 5.32 Å². The summed E-state index contributed by atoms with van der Waals surface area (Å²) < 4.78 is 13.3. The van der Waals surface area contributed by atoms with E-state index in [1.807, 2.05) is 26.0 Å². The van der Waals surface area contributed by atoms with Gasteiger partial charge in [0.15, 0.2) is 0 Å². The number of nitrogens with one attached hydrogen (secondary N) is 1. The van der Waals surface area contributed by atoms with Crippen LogP contribution in [-0.4, -0.2) is 35.1 Å². The number of hydrogen-bond donors (Lipinski definition) is 1. The number of benzene rings is 2. The van der Waals surface area contributed by atoms with Crippen LogP contribution in [0.25, 0.3) is 0 Å². The minimum absolute atomic E-state index is 0.144. The number of rotatable bonds is 5. The van der Waals surface area contributed by atoms with Crippen LogP contribution in [0.1, 0.15) is 40.2 Å². The summed E-state index contributed by atoms with van der Waals surface area (Å²) in [5.41, 5.74) is 2.42. The number of amides is 2. The van der Waals surface area contributed by atoms with Crippen LogP contribution in [0.5, 0.6) is 0 Å². The van der Waals surface area contributed by atoms with E-state index in [4.69, 9.17) is 0 Å². The molecule has 0 saturated carbocycles. The molecular weight excluding hydrogens is 363 g/mol. The molecule has 27 heavy (non-hydrogen) atoms.